The summed E-state index contributed by atoms with van der Waals surface area (Å²) in [6, 6.07) is 8.75. The number of ketones is 4. The number of urea groups is 1. The molecule has 8 N–H and O–H groups in total. The largest absolute Gasteiger partial charge is 0.507 e. The molecule has 532 valence electrons. The third-order valence-electron chi connectivity index (χ3n) is 18.9. The van der Waals surface area contributed by atoms with Crippen molar-refractivity contribution in [2.75, 3.05) is 79.6 Å². The van der Waals surface area contributed by atoms with Crippen LogP contribution in [-0.2, 0) is 75.0 Å². The number of morpholine rings is 1. The Morgan fingerprint density at radius 1 is 0.857 bits per heavy atom. The number of hydrogen-bond acceptors (Lipinski definition) is 23. The molecule has 98 heavy (non-hydrogen) atoms. The number of nitrogens with two attached hydrogens (primary N) is 1. The number of fused-ring (bicyclic) bond motifs is 6. The topological polar surface area (TPSA) is 397 Å². The van der Waals surface area contributed by atoms with Crippen molar-refractivity contribution in [3.8, 4) is 17.2 Å². The molecular formula is C68H88N8O22. The summed E-state index contributed by atoms with van der Waals surface area (Å²) in [6.07, 6.45) is -5.63. The molecule has 0 aromatic heterocycles. The van der Waals surface area contributed by atoms with Crippen molar-refractivity contribution in [1.29, 1.82) is 0 Å². The van der Waals surface area contributed by atoms with E-state index in [1.807, 2.05) is 0 Å². The average molecular weight is 1370 g/mol. The van der Waals surface area contributed by atoms with Crippen molar-refractivity contribution in [3.05, 3.63) is 81.4 Å². The third-order valence-corrected chi connectivity index (χ3v) is 18.9. The van der Waals surface area contributed by atoms with Crippen LogP contribution in [0.1, 0.15) is 147 Å². The van der Waals surface area contributed by atoms with E-state index < -0.39 is 138 Å². The number of unbranched alkanes of at least 4 members (excludes halogenated alkanes) is 2. The number of nitrogens with one attached hydrogen (secondary N) is 3. The molecule has 0 spiro atoms. The molecule has 3 aromatic carbocycles. The number of likely N-dealkylation sites (N-methyl/N-ethyl adjacent to an activating group) is 2. The fraction of sp³-hybridized carbons (Fsp3) is 0.574. The van der Waals surface area contributed by atoms with Gasteiger partial charge in [-0.1, -0.05) is 51.5 Å². The number of phenols is 2. The summed E-state index contributed by atoms with van der Waals surface area (Å²) >= 11 is 0. The van der Waals surface area contributed by atoms with Gasteiger partial charge >= 0.3 is 18.2 Å². The number of hydrogen-bond donors (Lipinski definition) is 7. The number of imide groups is 1. The first kappa shape index (κ1) is 73.6. The molecule has 1 unspecified atom stereocenters. The van der Waals surface area contributed by atoms with Crippen molar-refractivity contribution in [2.24, 2.45) is 23.5 Å². The van der Waals surface area contributed by atoms with E-state index in [9.17, 15) is 68.1 Å². The standard InChI is InChI=1S/C68H88N8O22/c1-35(2)55(72-48(79)17-10-9-11-23-76-49(80)28-36(3)62(76)86)44(77)29-39(14-13-22-70-65(69)87)61(85)71-40-20-18-38(19-21-40)33-94-66(88)73(5)24-25-74(6)67(89)95-34-47(78)68(90)31-42-52(59(84)54-53(57(42)82)56(81)41-15-12-16-45(91-7)51(41)58(54)83)46(32-68)97-50-30-43-60(37(4)96-50)98-63-64(92-8)93-27-26-75(43)63/h12,15-16,18-21,35-37,39,43,46,50,55,60,63-64,82,84,90H,9-11,13-14,17,22-34H2,1-8H3,(H,71,85)(H,72,79)(H3,69,70,87)/t36?,37-,39-,43-,46-,50-,55+,60+,63+,64-,68-/m0/s1. The summed E-state index contributed by atoms with van der Waals surface area (Å²) in [5.74, 6) is -7.29. The number of aliphatic hydroxyl groups is 1. The Morgan fingerprint density at radius 3 is 2.22 bits per heavy atom. The van der Waals surface area contributed by atoms with E-state index in [4.69, 9.17) is 43.6 Å². The molecule has 30 heteroatoms. The van der Waals surface area contributed by atoms with Gasteiger partial charge in [-0.3, -0.25) is 48.2 Å². The first-order chi connectivity index (χ1) is 46.6. The van der Waals surface area contributed by atoms with Crippen LogP contribution in [-0.4, -0.2) is 223 Å². The predicted octanol–water partition coefficient (Wildman–Crippen LogP) is 4.11. The monoisotopic (exact) mass is 1370 g/mol. The van der Waals surface area contributed by atoms with Crippen molar-refractivity contribution >= 4 is 70.7 Å². The minimum Gasteiger partial charge on any atom is -0.507 e. The van der Waals surface area contributed by atoms with E-state index in [1.165, 1.54) is 56.3 Å². The molecule has 2 aliphatic carbocycles. The van der Waals surface area contributed by atoms with Crippen LogP contribution in [0.5, 0.6) is 17.2 Å². The number of benzene rings is 3. The van der Waals surface area contributed by atoms with E-state index in [0.29, 0.717) is 50.1 Å². The van der Waals surface area contributed by atoms with E-state index in [1.54, 1.807) is 52.0 Å². The second kappa shape index (κ2) is 31.9. The smallest absolute Gasteiger partial charge is 0.409 e. The molecule has 0 saturated carbocycles. The second-order valence-electron chi connectivity index (χ2n) is 26.1. The molecule has 0 radical (unpaired) electrons. The van der Waals surface area contributed by atoms with Crippen LogP contribution in [0.2, 0.25) is 0 Å². The Bertz CT molecular complexity index is 3550. The number of Topliss-reactive ketones (excluding diaryl/α,β-unsaturated/α-hetero) is 2. The maximum absolute atomic E-state index is 14.3. The summed E-state index contributed by atoms with van der Waals surface area (Å²) in [7, 11) is 5.59. The predicted molar refractivity (Wildman–Crippen MR) is 344 cm³/mol. The zero-order valence-corrected chi connectivity index (χ0v) is 56.3. The highest BCUT2D eigenvalue weighted by molar-refractivity contribution is 6.31. The number of anilines is 1. The number of ether oxygens (including phenoxy) is 8. The molecule has 4 aliphatic heterocycles. The molecule has 11 atom stereocenters. The first-order valence-corrected chi connectivity index (χ1v) is 33.0. The van der Waals surface area contributed by atoms with Crippen LogP contribution < -0.4 is 26.4 Å². The lowest BCUT2D eigenvalue weighted by Gasteiger charge is -2.43. The van der Waals surface area contributed by atoms with Gasteiger partial charge in [0, 0.05) is 133 Å². The highest BCUT2D eigenvalue weighted by Gasteiger charge is 2.56. The zero-order chi connectivity index (χ0) is 71.0. The molecule has 9 rings (SSSR count). The minimum atomic E-state index is -2.49. The first-order valence-electron chi connectivity index (χ1n) is 33.0. The van der Waals surface area contributed by atoms with Crippen LogP contribution in [0.4, 0.5) is 20.1 Å². The van der Waals surface area contributed by atoms with Crippen molar-refractivity contribution in [1.82, 2.24) is 30.2 Å². The Kier molecular flexibility index (Phi) is 24.0. The number of aromatic hydroxyl groups is 2. The lowest BCUT2D eigenvalue weighted by Crippen LogP contribution is -2.55. The van der Waals surface area contributed by atoms with Gasteiger partial charge in [0.05, 0.1) is 48.7 Å². The summed E-state index contributed by atoms with van der Waals surface area (Å²) in [5, 5.41) is 44.8. The van der Waals surface area contributed by atoms with Crippen LogP contribution in [0.15, 0.2) is 42.5 Å². The Hall–Kier alpha value is -8.65. The molecule has 4 saturated heterocycles. The lowest BCUT2D eigenvalue weighted by molar-refractivity contribution is -0.256. The number of primary amides is 1. The van der Waals surface area contributed by atoms with Crippen LogP contribution in [0.3, 0.4) is 0 Å². The van der Waals surface area contributed by atoms with Gasteiger partial charge in [-0.05, 0) is 62.3 Å². The summed E-state index contributed by atoms with van der Waals surface area (Å²) in [6.45, 7) is 6.91. The average Bonchev–Trinajstić information content (AvgIpc) is 0.892. The van der Waals surface area contributed by atoms with E-state index in [-0.39, 0.29) is 134 Å². The van der Waals surface area contributed by atoms with Gasteiger partial charge in [0.2, 0.25) is 35.2 Å². The number of carbonyl (C=O) groups is 11. The van der Waals surface area contributed by atoms with E-state index in [0.717, 1.165) is 4.90 Å². The highest BCUT2D eigenvalue weighted by atomic mass is 16.7. The number of phenolic OH excluding ortho intramolecular Hbond substituents is 2. The van der Waals surface area contributed by atoms with Gasteiger partial charge in [-0.15, -0.1) is 0 Å². The number of rotatable bonds is 29. The number of amides is 8. The Morgan fingerprint density at radius 2 is 1.56 bits per heavy atom. The summed E-state index contributed by atoms with van der Waals surface area (Å²) < 4.78 is 47.0. The SMILES string of the molecule is COc1cccc2c1C(=O)c1c(O)c3c(c(O)c1C2=O)C[C@@](O)(C(=O)COC(=O)N(C)CCN(C)C(=O)OCc1ccc(NC(=O)[C@@H](CCCNC(N)=O)CC(=O)[C@H](NC(=O)CCCCCN2C(=O)CC(C)C2=O)C(C)C)cc1)C[C@@H]3O[C@H]1C[C@H]2[C@H](O[C@@H]3[C@@H](OC)OCCN32)[C@H](C)O1. The minimum absolute atomic E-state index is 0.0458. The second-order valence-corrected chi connectivity index (χ2v) is 26.1. The normalized spacial score (nSPS) is 23.9. The van der Waals surface area contributed by atoms with E-state index >= 15 is 0 Å². The Labute approximate surface area is 566 Å². The van der Waals surface area contributed by atoms with Gasteiger partial charge in [0.25, 0.3) is 0 Å². The summed E-state index contributed by atoms with van der Waals surface area (Å²) in [4.78, 5) is 152. The fourth-order valence-electron chi connectivity index (χ4n) is 13.5. The van der Waals surface area contributed by atoms with Crippen LogP contribution in [0.25, 0.3) is 0 Å². The molecule has 6 aliphatic rings. The summed E-state index contributed by atoms with van der Waals surface area (Å²) in [5.41, 5.74) is 1.87. The Balaban J connectivity index is 0.771. The lowest BCUT2D eigenvalue weighted by atomic mass is 9.72. The zero-order valence-electron chi connectivity index (χ0n) is 56.3. The van der Waals surface area contributed by atoms with Gasteiger partial charge in [-0.2, -0.15) is 0 Å². The molecule has 30 nitrogen and oxygen atoms in total. The van der Waals surface area contributed by atoms with Gasteiger partial charge in [-0.25, -0.2) is 14.4 Å². The van der Waals surface area contributed by atoms with Crippen LogP contribution in [0, 0.1) is 17.8 Å². The third kappa shape index (κ3) is 16.4. The van der Waals surface area contributed by atoms with Crippen molar-refractivity contribution < 1.29 is 106 Å². The fourth-order valence-corrected chi connectivity index (χ4v) is 13.5. The number of likely N-dealkylation sites (tertiary alicyclic amines) is 1. The van der Waals surface area contributed by atoms with Crippen molar-refractivity contribution in [2.45, 2.75) is 160 Å². The van der Waals surface area contributed by atoms with Crippen molar-refractivity contribution in [3.63, 3.8) is 0 Å². The quantitative estimate of drug-likeness (QED) is 0.0228. The molecule has 4 heterocycles. The molecule has 3 aromatic rings. The van der Waals surface area contributed by atoms with E-state index in [2.05, 4.69) is 20.9 Å². The maximum Gasteiger partial charge on any atom is 0.409 e. The molecule has 8 amide bonds. The van der Waals surface area contributed by atoms with Gasteiger partial charge < -0.3 is 84.7 Å². The number of nitrogens with zero attached hydrogens (tertiary/aromatic N) is 4. The highest BCUT2D eigenvalue weighted by Crippen LogP contribution is 2.53. The van der Waals surface area contributed by atoms with Crippen LogP contribution >= 0.6 is 0 Å². The molecule has 0 bridgehead atoms. The number of carbonyl (C=O) groups excluding carboxylic acids is 11. The molecular weight excluding hydrogens is 1280 g/mol. The van der Waals surface area contributed by atoms with Gasteiger partial charge in [0.15, 0.2) is 37.0 Å². The molecule has 4 fully saturated rings. The number of methoxy groups -OCH3 is 2. The van der Waals surface area contributed by atoms with Gasteiger partial charge in [0.1, 0.15) is 35.6 Å². The maximum atomic E-state index is 14.3.